The molecule has 1 heterocycles. The van der Waals surface area contributed by atoms with Crippen LogP contribution in [0.5, 0.6) is 5.75 Å². The van der Waals surface area contributed by atoms with Gasteiger partial charge >= 0.3 is 13.3 Å². The van der Waals surface area contributed by atoms with Gasteiger partial charge in [0.2, 0.25) is 0 Å². The molecule has 1 amide bonds. The summed E-state index contributed by atoms with van der Waals surface area (Å²) >= 11 is 0. The first-order valence-corrected chi connectivity index (χ1v) is 7.20. The Hall–Kier alpha value is -2.59. The lowest BCUT2D eigenvalue weighted by atomic mass is 9.79. The van der Waals surface area contributed by atoms with E-state index in [4.69, 9.17) is 4.74 Å². The maximum Gasteiger partial charge on any atom is 0.492 e. The molecule has 3 N–H and O–H groups in total. The molecule has 0 aliphatic carbocycles. The van der Waals surface area contributed by atoms with Crippen molar-refractivity contribution in [3.8, 4) is 5.75 Å². The second-order valence-electron chi connectivity index (χ2n) is 4.94. The van der Waals surface area contributed by atoms with E-state index in [1.807, 2.05) is 0 Å². The molecule has 0 radical (unpaired) electrons. The number of alkyl halides is 3. The number of nitrogens with one attached hydrogen (secondary N) is 1. The van der Waals surface area contributed by atoms with Crippen LogP contribution in [0.25, 0.3) is 0 Å². The standard InChI is InChI=1S/C15H14BF3N2O4/c1-2-25-12-7-9(3-4-11(12)16(23)24)14(22)21-13-8-10(5-6-20-13)15(17,18)19/h3-8,23-24H,2H2,1H3,(H,20,21,22). The molecular weight excluding hydrogens is 340 g/mol. The molecule has 0 aliphatic heterocycles. The Balaban J connectivity index is 2.25. The van der Waals surface area contributed by atoms with Gasteiger partial charge in [-0.15, -0.1) is 0 Å². The third kappa shape index (κ3) is 4.71. The predicted molar refractivity (Wildman–Crippen MR) is 84.6 cm³/mol. The number of benzene rings is 1. The zero-order valence-electron chi connectivity index (χ0n) is 13.0. The lowest BCUT2D eigenvalue weighted by molar-refractivity contribution is -0.137. The molecule has 6 nitrogen and oxygen atoms in total. The van der Waals surface area contributed by atoms with E-state index in [-0.39, 0.29) is 29.2 Å². The molecule has 1 aromatic heterocycles. The van der Waals surface area contributed by atoms with Crippen molar-refractivity contribution >= 4 is 24.3 Å². The van der Waals surface area contributed by atoms with Crippen LogP contribution >= 0.6 is 0 Å². The van der Waals surface area contributed by atoms with Crippen molar-refractivity contribution in [2.24, 2.45) is 0 Å². The summed E-state index contributed by atoms with van der Waals surface area (Å²) in [6, 6.07) is 5.35. The highest BCUT2D eigenvalue weighted by molar-refractivity contribution is 6.59. The molecular formula is C15H14BF3N2O4. The van der Waals surface area contributed by atoms with Gasteiger partial charge in [0.1, 0.15) is 11.6 Å². The van der Waals surface area contributed by atoms with Gasteiger partial charge in [-0.3, -0.25) is 4.79 Å². The molecule has 0 saturated heterocycles. The Bertz CT molecular complexity index is 769. The fraction of sp³-hybridized carbons (Fsp3) is 0.200. The quantitative estimate of drug-likeness (QED) is 0.707. The Morgan fingerprint density at radius 3 is 2.60 bits per heavy atom. The molecule has 1 aromatic carbocycles. The van der Waals surface area contributed by atoms with Gasteiger partial charge < -0.3 is 20.1 Å². The summed E-state index contributed by atoms with van der Waals surface area (Å²) in [7, 11) is -1.79. The first-order chi connectivity index (χ1) is 11.7. The van der Waals surface area contributed by atoms with Gasteiger partial charge in [0.05, 0.1) is 12.2 Å². The van der Waals surface area contributed by atoms with Crippen LogP contribution in [0.4, 0.5) is 19.0 Å². The number of amides is 1. The highest BCUT2D eigenvalue weighted by atomic mass is 19.4. The van der Waals surface area contributed by atoms with Gasteiger partial charge in [0.15, 0.2) is 0 Å². The second-order valence-corrected chi connectivity index (χ2v) is 4.94. The molecule has 0 saturated carbocycles. The smallest absolute Gasteiger partial charge is 0.492 e. The van der Waals surface area contributed by atoms with E-state index in [1.165, 1.54) is 18.2 Å². The van der Waals surface area contributed by atoms with Crippen LogP contribution in [0.15, 0.2) is 36.5 Å². The normalized spacial score (nSPS) is 11.1. The minimum Gasteiger partial charge on any atom is -0.494 e. The molecule has 2 aromatic rings. The van der Waals surface area contributed by atoms with Crippen LogP contribution < -0.4 is 15.5 Å². The topological polar surface area (TPSA) is 91.7 Å². The van der Waals surface area contributed by atoms with Gasteiger partial charge in [-0.25, -0.2) is 4.98 Å². The molecule has 0 atom stereocenters. The summed E-state index contributed by atoms with van der Waals surface area (Å²) in [6.45, 7) is 1.90. The van der Waals surface area contributed by atoms with Crippen LogP contribution in [0.1, 0.15) is 22.8 Å². The average Bonchev–Trinajstić information content (AvgIpc) is 2.54. The maximum absolute atomic E-state index is 12.7. The molecule has 0 unspecified atom stereocenters. The van der Waals surface area contributed by atoms with E-state index in [0.29, 0.717) is 6.07 Å². The predicted octanol–water partition coefficient (Wildman–Crippen LogP) is 1.43. The van der Waals surface area contributed by atoms with Gasteiger partial charge in [-0.2, -0.15) is 13.2 Å². The van der Waals surface area contributed by atoms with Crippen LogP contribution in [-0.4, -0.2) is 34.7 Å². The van der Waals surface area contributed by atoms with Crippen molar-refractivity contribution in [3.05, 3.63) is 47.7 Å². The van der Waals surface area contributed by atoms with Crippen molar-refractivity contribution in [2.45, 2.75) is 13.1 Å². The second kappa shape index (κ2) is 7.54. The summed E-state index contributed by atoms with van der Waals surface area (Å²) < 4.78 is 43.3. The molecule has 0 spiro atoms. The van der Waals surface area contributed by atoms with Crippen molar-refractivity contribution in [3.63, 3.8) is 0 Å². The molecule has 25 heavy (non-hydrogen) atoms. The lowest BCUT2D eigenvalue weighted by Crippen LogP contribution is -2.32. The Kier molecular flexibility index (Phi) is 5.65. The van der Waals surface area contributed by atoms with E-state index >= 15 is 0 Å². The fourth-order valence-corrected chi connectivity index (χ4v) is 2.03. The average molecular weight is 354 g/mol. The van der Waals surface area contributed by atoms with Crippen molar-refractivity contribution in [1.82, 2.24) is 4.98 Å². The maximum atomic E-state index is 12.7. The Labute approximate surface area is 141 Å². The number of aromatic nitrogens is 1. The van der Waals surface area contributed by atoms with Gasteiger partial charge in [-0.05, 0) is 31.2 Å². The lowest BCUT2D eigenvalue weighted by Gasteiger charge is -2.12. The van der Waals surface area contributed by atoms with Crippen LogP contribution in [-0.2, 0) is 6.18 Å². The SMILES string of the molecule is CCOc1cc(C(=O)Nc2cc(C(F)(F)F)ccn2)ccc1B(O)O. The number of hydrogen-bond acceptors (Lipinski definition) is 5. The third-order valence-electron chi connectivity index (χ3n) is 3.18. The summed E-state index contributed by atoms with van der Waals surface area (Å²) in [5.74, 6) is -0.891. The highest BCUT2D eigenvalue weighted by Crippen LogP contribution is 2.30. The first-order valence-electron chi connectivity index (χ1n) is 7.20. The van der Waals surface area contributed by atoms with E-state index in [1.54, 1.807) is 6.92 Å². The van der Waals surface area contributed by atoms with Crippen LogP contribution in [0.2, 0.25) is 0 Å². The molecule has 0 bridgehead atoms. The Morgan fingerprint density at radius 2 is 2.00 bits per heavy atom. The minimum absolute atomic E-state index is 0.0621. The summed E-state index contributed by atoms with van der Waals surface area (Å²) in [5, 5.41) is 20.8. The molecule has 0 fully saturated rings. The monoisotopic (exact) mass is 354 g/mol. The van der Waals surface area contributed by atoms with Crippen molar-refractivity contribution in [2.75, 3.05) is 11.9 Å². The number of anilines is 1. The number of pyridine rings is 1. The van der Waals surface area contributed by atoms with Gasteiger partial charge in [0.25, 0.3) is 5.91 Å². The number of carbonyl (C=O) groups excluding carboxylic acids is 1. The molecule has 132 valence electrons. The number of ether oxygens (including phenoxy) is 1. The molecule has 10 heteroatoms. The van der Waals surface area contributed by atoms with Gasteiger partial charge in [-0.1, -0.05) is 6.07 Å². The number of halogens is 3. The zero-order chi connectivity index (χ0) is 18.6. The van der Waals surface area contributed by atoms with Crippen LogP contribution in [0.3, 0.4) is 0 Å². The third-order valence-corrected chi connectivity index (χ3v) is 3.18. The van der Waals surface area contributed by atoms with E-state index in [0.717, 1.165) is 12.3 Å². The van der Waals surface area contributed by atoms with E-state index < -0.39 is 24.8 Å². The highest BCUT2D eigenvalue weighted by Gasteiger charge is 2.31. The summed E-state index contributed by atoms with van der Waals surface area (Å²) in [6.07, 6.45) is -3.61. The van der Waals surface area contributed by atoms with Crippen LogP contribution in [0, 0.1) is 0 Å². The Morgan fingerprint density at radius 1 is 1.28 bits per heavy atom. The van der Waals surface area contributed by atoms with Crippen molar-refractivity contribution in [1.29, 1.82) is 0 Å². The minimum atomic E-state index is -4.55. The van der Waals surface area contributed by atoms with Crippen molar-refractivity contribution < 1.29 is 32.8 Å². The number of hydrogen-bond donors (Lipinski definition) is 3. The number of nitrogens with zero attached hydrogens (tertiary/aromatic N) is 1. The molecule has 0 aliphatic rings. The van der Waals surface area contributed by atoms with E-state index in [9.17, 15) is 28.0 Å². The number of rotatable bonds is 5. The largest absolute Gasteiger partial charge is 0.494 e. The first kappa shape index (κ1) is 18.7. The van der Waals surface area contributed by atoms with Gasteiger partial charge in [0, 0.05) is 17.2 Å². The van der Waals surface area contributed by atoms with E-state index in [2.05, 4.69) is 10.3 Å². The summed E-state index contributed by atoms with van der Waals surface area (Å²) in [4.78, 5) is 15.9. The zero-order valence-corrected chi connectivity index (χ0v) is 13.0. The fourth-order valence-electron chi connectivity index (χ4n) is 2.03. The number of carbonyl (C=O) groups is 1. The molecule has 2 rings (SSSR count). The summed E-state index contributed by atoms with van der Waals surface area (Å²) in [5.41, 5.74) is -0.811.